The first-order valence-corrected chi connectivity index (χ1v) is 9.27. The molecule has 0 radical (unpaired) electrons. The SMILES string of the molecule is C=C1NC(=O)N[C@@H](c2ccccc2OCCCC)[C@@H]1C(=O)OCc1ccco1. The van der Waals surface area contributed by atoms with Gasteiger partial charge in [0.15, 0.2) is 0 Å². The first-order valence-electron chi connectivity index (χ1n) is 9.27. The normalized spacial score (nSPS) is 18.9. The van der Waals surface area contributed by atoms with Crippen molar-refractivity contribution in [3.63, 3.8) is 0 Å². The van der Waals surface area contributed by atoms with Crippen molar-refractivity contribution in [2.24, 2.45) is 5.92 Å². The van der Waals surface area contributed by atoms with E-state index < -0.39 is 24.0 Å². The number of carbonyl (C=O) groups excluding carboxylic acids is 2. The van der Waals surface area contributed by atoms with Crippen molar-refractivity contribution in [3.8, 4) is 5.75 Å². The smallest absolute Gasteiger partial charge is 0.319 e. The van der Waals surface area contributed by atoms with Gasteiger partial charge in [0.25, 0.3) is 0 Å². The van der Waals surface area contributed by atoms with Gasteiger partial charge in [0, 0.05) is 11.3 Å². The van der Waals surface area contributed by atoms with Gasteiger partial charge in [-0.15, -0.1) is 0 Å². The highest BCUT2D eigenvalue weighted by Gasteiger charge is 2.40. The molecule has 28 heavy (non-hydrogen) atoms. The van der Waals surface area contributed by atoms with Crippen molar-refractivity contribution in [2.45, 2.75) is 32.4 Å². The second-order valence-corrected chi connectivity index (χ2v) is 6.51. The summed E-state index contributed by atoms with van der Waals surface area (Å²) in [6.45, 7) is 6.50. The van der Waals surface area contributed by atoms with Crippen molar-refractivity contribution in [2.75, 3.05) is 6.61 Å². The third-order valence-corrected chi connectivity index (χ3v) is 4.47. The fourth-order valence-corrected chi connectivity index (χ4v) is 3.04. The summed E-state index contributed by atoms with van der Waals surface area (Å²) in [5, 5.41) is 5.37. The lowest BCUT2D eigenvalue weighted by molar-refractivity contribution is -0.150. The fourth-order valence-electron chi connectivity index (χ4n) is 3.04. The van der Waals surface area contributed by atoms with Gasteiger partial charge in [-0.05, 0) is 24.6 Å². The Balaban J connectivity index is 1.82. The summed E-state index contributed by atoms with van der Waals surface area (Å²) in [5.74, 6) is -0.155. The number of benzene rings is 1. The molecule has 0 bridgehead atoms. The summed E-state index contributed by atoms with van der Waals surface area (Å²) in [6.07, 6.45) is 3.43. The molecule has 0 spiro atoms. The maximum atomic E-state index is 12.8. The average molecular weight is 384 g/mol. The Bertz CT molecular complexity index is 831. The molecule has 0 unspecified atom stereocenters. The van der Waals surface area contributed by atoms with Gasteiger partial charge in [-0.25, -0.2) is 4.79 Å². The maximum absolute atomic E-state index is 12.8. The predicted octanol–water partition coefficient (Wildman–Crippen LogP) is 3.69. The average Bonchev–Trinajstić information content (AvgIpc) is 3.20. The number of hydrogen-bond acceptors (Lipinski definition) is 5. The molecule has 0 aliphatic carbocycles. The largest absolute Gasteiger partial charge is 0.493 e. The molecule has 1 fully saturated rings. The number of ether oxygens (including phenoxy) is 2. The van der Waals surface area contributed by atoms with Crippen LogP contribution in [0.1, 0.15) is 37.1 Å². The van der Waals surface area contributed by atoms with Crippen LogP contribution in [-0.2, 0) is 16.1 Å². The van der Waals surface area contributed by atoms with Crippen LogP contribution in [0.15, 0.2) is 59.4 Å². The van der Waals surface area contributed by atoms with E-state index in [9.17, 15) is 9.59 Å². The Morgan fingerprint density at radius 2 is 2.07 bits per heavy atom. The molecule has 1 saturated heterocycles. The molecule has 7 nitrogen and oxygen atoms in total. The van der Waals surface area contributed by atoms with Gasteiger partial charge in [0.2, 0.25) is 0 Å². The highest BCUT2D eigenvalue weighted by molar-refractivity contribution is 5.85. The van der Waals surface area contributed by atoms with Crippen LogP contribution < -0.4 is 15.4 Å². The number of para-hydroxylation sites is 1. The number of carbonyl (C=O) groups is 2. The number of esters is 1. The van der Waals surface area contributed by atoms with Crippen molar-refractivity contribution in [3.05, 3.63) is 66.3 Å². The first kappa shape index (κ1) is 19.5. The summed E-state index contributed by atoms with van der Waals surface area (Å²) in [7, 11) is 0. The molecule has 148 valence electrons. The first-order chi connectivity index (χ1) is 13.6. The molecule has 1 aliphatic rings. The van der Waals surface area contributed by atoms with Gasteiger partial charge in [-0.1, -0.05) is 38.1 Å². The molecule has 2 aromatic rings. The second kappa shape index (κ2) is 9.12. The maximum Gasteiger partial charge on any atom is 0.319 e. The monoisotopic (exact) mass is 384 g/mol. The second-order valence-electron chi connectivity index (χ2n) is 6.51. The highest BCUT2D eigenvalue weighted by Crippen LogP contribution is 2.35. The van der Waals surface area contributed by atoms with E-state index in [1.807, 2.05) is 24.3 Å². The highest BCUT2D eigenvalue weighted by atomic mass is 16.5. The minimum Gasteiger partial charge on any atom is -0.493 e. The van der Waals surface area contributed by atoms with E-state index in [4.69, 9.17) is 13.9 Å². The summed E-state index contributed by atoms with van der Waals surface area (Å²) in [4.78, 5) is 24.9. The standard InChI is InChI=1S/C21H24N2O5/c1-3-4-11-27-17-10-6-5-9-16(17)19-18(14(2)22-21(25)23-19)20(24)28-13-15-8-7-12-26-15/h5-10,12,18-19H,2-4,11,13H2,1H3,(H2,22,23,25)/t18-,19+/m1/s1. The number of nitrogens with one attached hydrogen (secondary N) is 2. The summed E-state index contributed by atoms with van der Waals surface area (Å²) < 4.78 is 16.5. The zero-order chi connectivity index (χ0) is 19.9. The van der Waals surface area contributed by atoms with Gasteiger partial charge in [0.05, 0.1) is 18.9 Å². The Labute approximate surface area is 163 Å². The summed E-state index contributed by atoms with van der Waals surface area (Å²) in [6, 6.07) is 9.72. The van der Waals surface area contributed by atoms with E-state index in [0.29, 0.717) is 23.7 Å². The Morgan fingerprint density at radius 3 is 2.82 bits per heavy atom. The van der Waals surface area contributed by atoms with Crippen LogP contribution in [0.25, 0.3) is 0 Å². The van der Waals surface area contributed by atoms with E-state index in [1.54, 1.807) is 12.1 Å². The zero-order valence-corrected chi connectivity index (χ0v) is 15.8. The lowest BCUT2D eigenvalue weighted by Crippen LogP contribution is -2.51. The number of amides is 2. The van der Waals surface area contributed by atoms with Gasteiger partial charge >= 0.3 is 12.0 Å². The van der Waals surface area contributed by atoms with Crippen LogP contribution in [0.2, 0.25) is 0 Å². The van der Waals surface area contributed by atoms with Gasteiger partial charge in [-0.3, -0.25) is 4.79 Å². The van der Waals surface area contributed by atoms with Crippen LogP contribution in [0.4, 0.5) is 4.79 Å². The number of urea groups is 1. The summed E-state index contributed by atoms with van der Waals surface area (Å²) >= 11 is 0. The van der Waals surface area contributed by atoms with Crippen molar-refractivity contribution >= 4 is 12.0 Å². The molecule has 2 N–H and O–H groups in total. The minimum absolute atomic E-state index is 0.00489. The zero-order valence-electron chi connectivity index (χ0n) is 15.8. The number of hydrogen-bond donors (Lipinski definition) is 2. The molecular weight excluding hydrogens is 360 g/mol. The Morgan fingerprint density at radius 1 is 1.25 bits per heavy atom. The Kier molecular flexibility index (Phi) is 6.37. The molecule has 1 aromatic heterocycles. The van der Waals surface area contributed by atoms with E-state index in [-0.39, 0.29) is 12.3 Å². The van der Waals surface area contributed by atoms with Crippen LogP contribution in [-0.4, -0.2) is 18.6 Å². The van der Waals surface area contributed by atoms with Crippen LogP contribution >= 0.6 is 0 Å². The molecule has 2 heterocycles. The lowest BCUT2D eigenvalue weighted by Gasteiger charge is -2.33. The molecule has 3 rings (SSSR count). The van der Waals surface area contributed by atoms with Crippen molar-refractivity contribution in [1.82, 2.24) is 10.6 Å². The molecule has 1 aliphatic heterocycles. The quantitative estimate of drug-likeness (QED) is 0.535. The molecule has 0 saturated carbocycles. The number of furan rings is 1. The van der Waals surface area contributed by atoms with Gasteiger partial charge in [-0.2, -0.15) is 0 Å². The third-order valence-electron chi connectivity index (χ3n) is 4.47. The topological polar surface area (TPSA) is 89.8 Å². The predicted molar refractivity (Wildman–Crippen MR) is 102 cm³/mol. The van der Waals surface area contributed by atoms with Crippen molar-refractivity contribution < 1.29 is 23.5 Å². The third kappa shape index (κ3) is 4.54. The van der Waals surface area contributed by atoms with Crippen LogP contribution in [0.3, 0.4) is 0 Å². The van der Waals surface area contributed by atoms with E-state index in [1.165, 1.54) is 6.26 Å². The van der Waals surface area contributed by atoms with E-state index >= 15 is 0 Å². The molecule has 1 aromatic carbocycles. The number of rotatable bonds is 8. The van der Waals surface area contributed by atoms with E-state index in [0.717, 1.165) is 12.8 Å². The number of unbranched alkanes of at least 4 members (excludes halogenated alkanes) is 1. The fraction of sp³-hybridized carbons (Fsp3) is 0.333. The Hall–Kier alpha value is -3.22. The molecule has 7 heteroatoms. The van der Waals surface area contributed by atoms with Gasteiger partial charge < -0.3 is 24.5 Å². The van der Waals surface area contributed by atoms with Gasteiger partial charge in [0.1, 0.15) is 24.0 Å². The lowest BCUT2D eigenvalue weighted by atomic mass is 9.88. The minimum atomic E-state index is -0.802. The van der Waals surface area contributed by atoms with E-state index in [2.05, 4.69) is 24.1 Å². The molecular formula is C21H24N2O5. The molecule has 2 atom stereocenters. The van der Waals surface area contributed by atoms with Crippen LogP contribution in [0, 0.1) is 5.92 Å². The molecule has 2 amide bonds. The summed E-state index contributed by atoms with van der Waals surface area (Å²) in [5.41, 5.74) is 0.983. The van der Waals surface area contributed by atoms with Crippen molar-refractivity contribution in [1.29, 1.82) is 0 Å². The van der Waals surface area contributed by atoms with Crippen LogP contribution in [0.5, 0.6) is 5.75 Å².